The highest BCUT2D eigenvalue weighted by Gasteiger charge is 2.23. The maximum Gasteiger partial charge on any atom is 0.235 e. The first-order chi connectivity index (χ1) is 23.8. The minimum Gasteiger partial charge on any atom is -0.455 e. The summed E-state index contributed by atoms with van der Waals surface area (Å²) in [6.45, 7) is 0. The standard InChI is InChI=1S/C44H27N3O/c1-3-14-29(15-4-1)38-27-39(30-16-5-2-6-17-30)46-44(45-38)47-41-31-18-8-7-13-28(31)25-26-35(41)33-20-11-21-34(42(33)47)37-23-12-22-36-32-19-9-10-24-40(32)48-43(36)37/h1-27H. The molecule has 0 bridgehead atoms. The molecule has 48 heavy (non-hydrogen) atoms. The molecule has 0 radical (unpaired) electrons. The summed E-state index contributed by atoms with van der Waals surface area (Å²) in [4.78, 5) is 10.7. The van der Waals surface area contributed by atoms with E-state index in [0.717, 1.165) is 88.2 Å². The SMILES string of the molecule is c1ccc(-c2cc(-c3ccccc3)nc(-n3c4c(-c5cccc6c5oc5ccccc56)cccc4c4ccc5ccccc5c43)n2)cc1. The summed E-state index contributed by atoms with van der Waals surface area (Å²) >= 11 is 0. The summed E-state index contributed by atoms with van der Waals surface area (Å²) < 4.78 is 8.87. The Morgan fingerprint density at radius 3 is 1.75 bits per heavy atom. The number of para-hydroxylation sites is 3. The molecular weight excluding hydrogens is 587 g/mol. The maximum absolute atomic E-state index is 6.59. The summed E-state index contributed by atoms with van der Waals surface area (Å²) in [5.41, 5.74) is 9.78. The normalized spacial score (nSPS) is 11.8. The van der Waals surface area contributed by atoms with Gasteiger partial charge in [-0.1, -0.05) is 152 Å². The van der Waals surface area contributed by atoms with Crippen LogP contribution in [-0.2, 0) is 0 Å². The number of hydrogen-bond donors (Lipinski definition) is 0. The molecule has 0 saturated heterocycles. The van der Waals surface area contributed by atoms with E-state index in [4.69, 9.17) is 14.4 Å². The van der Waals surface area contributed by atoms with E-state index < -0.39 is 0 Å². The molecule has 0 atom stereocenters. The summed E-state index contributed by atoms with van der Waals surface area (Å²) in [6.07, 6.45) is 0. The van der Waals surface area contributed by atoms with Crippen molar-refractivity contribution in [3.63, 3.8) is 0 Å². The fourth-order valence-electron chi connectivity index (χ4n) is 7.25. The molecule has 0 saturated carbocycles. The lowest BCUT2D eigenvalue weighted by molar-refractivity contribution is 0.670. The van der Waals surface area contributed by atoms with Gasteiger partial charge >= 0.3 is 0 Å². The number of hydrogen-bond acceptors (Lipinski definition) is 3. The largest absolute Gasteiger partial charge is 0.455 e. The van der Waals surface area contributed by atoms with Crippen LogP contribution in [0.25, 0.3) is 94.1 Å². The van der Waals surface area contributed by atoms with Crippen molar-refractivity contribution in [2.75, 3.05) is 0 Å². The van der Waals surface area contributed by atoms with Crippen LogP contribution >= 0.6 is 0 Å². The predicted molar refractivity (Wildman–Crippen MR) is 197 cm³/mol. The first-order valence-corrected chi connectivity index (χ1v) is 16.2. The maximum atomic E-state index is 6.59. The minimum atomic E-state index is 0.621. The van der Waals surface area contributed by atoms with Gasteiger partial charge in [0.15, 0.2) is 0 Å². The zero-order valence-electron chi connectivity index (χ0n) is 25.8. The van der Waals surface area contributed by atoms with E-state index in [1.807, 2.05) is 24.3 Å². The van der Waals surface area contributed by atoms with Gasteiger partial charge in [0, 0.05) is 49.2 Å². The third-order valence-electron chi connectivity index (χ3n) is 9.42. The second kappa shape index (κ2) is 10.5. The third-order valence-corrected chi connectivity index (χ3v) is 9.42. The fraction of sp³-hybridized carbons (Fsp3) is 0. The molecule has 3 heterocycles. The number of furan rings is 1. The molecule has 224 valence electrons. The molecule has 4 nitrogen and oxygen atoms in total. The van der Waals surface area contributed by atoms with Crippen LogP contribution in [0.3, 0.4) is 0 Å². The van der Waals surface area contributed by atoms with Gasteiger partial charge in [0.25, 0.3) is 0 Å². The molecular formula is C44H27N3O. The van der Waals surface area contributed by atoms with Gasteiger partial charge in [-0.3, -0.25) is 4.57 Å². The molecule has 0 aliphatic rings. The quantitative estimate of drug-likeness (QED) is 0.198. The van der Waals surface area contributed by atoms with Crippen LogP contribution in [0.1, 0.15) is 0 Å². The average Bonchev–Trinajstić information content (AvgIpc) is 3.72. The van der Waals surface area contributed by atoms with E-state index in [1.54, 1.807) is 0 Å². The summed E-state index contributed by atoms with van der Waals surface area (Å²) in [6, 6.07) is 57.1. The average molecular weight is 614 g/mol. The smallest absolute Gasteiger partial charge is 0.235 e. The second-order valence-corrected chi connectivity index (χ2v) is 12.2. The van der Waals surface area contributed by atoms with Crippen LogP contribution in [0.15, 0.2) is 168 Å². The van der Waals surface area contributed by atoms with E-state index in [2.05, 4.69) is 144 Å². The van der Waals surface area contributed by atoms with E-state index in [-0.39, 0.29) is 0 Å². The van der Waals surface area contributed by atoms with Crippen molar-refractivity contribution in [3.05, 3.63) is 164 Å². The first-order valence-electron chi connectivity index (χ1n) is 16.2. The van der Waals surface area contributed by atoms with Gasteiger partial charge < -0.3 is 4.42 Å². The fourth-order valence-corrected chi connectivity index (χ4v) is 7.25. The molecule has 0 aliphatic heterocycles. The summed E-state index contributed by atoms with van der Waals surface area (Å²) in [5.74, 6) is 0.621. The zero-order chi connectivity index (χ0) is 31.6. The third kappa shape index (κ3) is 4.03. The Morgan fingerprint density at radius 2 is 1.00 bits per heavy atom. The van der Waals surface area contributed by atoms with Crippen molar-refractivity contribution >= 4 is 54.5 Å². The number of nitrogens with zero attached hydrogens (tertiary/aromatic N) is 3. The zero-order valence-corrected chi connectivity index (χ0v) is 25.8. The van der Waals surface area contributed by atoms with E-state index in [0.29, 0.717) is 5.95 Å². The molecule has 7 aromatic carbocycles. The predicted octanol–water partition coefficient (Wildman–Crippen LogP) is 11.6. The van der Waals surface area contributed by atoms with Crippen molar-refractivity contribution in [3.8, 4) is 39.6 Å². The van der Waals surface area contributed by atoms with Crippen LogP contribution in [0.5, 0.6) is 0 Å². The van der Waals surface area contributed by atoms with Gasteiger partial charge in [-0.2, -0.15) is 0 Å². The van der Waals surface area contributed by atoms with Gasteiger partial charge in [0.1, 0.15) is 11.2 Å². The van der Waals surface area contributed by atoms with Crippen LogP contribution in [0.4, 0.5) is 0 Å². The molecule has 10 rings (SSSR count). The van der Waals surface area contributed by atoms with Crippen LogP contribution in [-0.4, -0.2) is 14.5 Å². The topological polar surface area (TPSA) is 43.9 Å². The van der Waals surface area contributed by atoms with Crippen molar-refractivity contribution in [1.82, 2.24) is 14.5 Å². The Labute approximate surface area is 276 Å². The molecule has 10 aromatic rings. The van der Waals surface area contributed by atoms with Gasteiger partial charge in [0.2, 0.25) is 5.95 Å². The van der Waals surface area contributed by atoms with E-state index >= 15 is 0 Å². The second-order valence-electron chi connectivity index (χ2n) is 12.2. The van der Waals surface area contributed by atoms with Crippen molar-refractivity contribution in [2.45, 2.75) is 0 Å². The van der Waals surface area contributed by atoms with Crippen molar-refractivity contribution < 1.29 is 4.42 Å². The van der Waals surface area contributed by atoms with Crippen LogP contribution in [0, 0.1) is 0 Å². The Morgan fingerprint density at radius 1 is 0.417 bits per heavy atom. The molecule has 4 heteroatoms. The molecule has 0 spiro atoms. The number of rotatable bonds is 4. The van der Waals surface area contributed by atoms with E-state index in [9.17, 15) is 0 Å². The molecule has 0 amide bonds. The Balaban J connectivity index is 1.38. The highest BCUT2D eigenvalue weighted by atomic mass is 16.3. The summed E-state index contributed by atoms with van der Waals surface area (Å²) in [5, 5.41) is 6.81. The molecule has 0 fully saturated rings. The molecule has 0 aliphatic carbocycles. The Bertz CT molecular complexity index is 2770. The lowest BCUT2D eigenvalue weighted by atomic mass is 9.99. The van der Waals surface area contributed by atoms with Crippen molar-refractivity contribution in [1.29, 1.82) is 0 Å². The van der Waals surface area contributed by atoms with Gasteiger partial charge in [-0.15, -0.1) is 0 Å². The van der Waals surface area contributed by atoms with E-state index in [1.165, 1.54) is 0 Å². The van der Waals surface area contributed by atoms with Crippen molar-refractivity contribution in [2.24, 2.45) is 0 Å². The monoisotopic (exact) mass is 613 g/mol. The summed E-state index contributed by atoms with van der Waals surface area (Å²) in [7, 11) is 0. The number of benzene rings is 7. The van der Waals surface area contributed by atoms with Crippen LogP contribution < -0.4 is 0 Å². The highest BCUT2D eigenvalue weighted by Crippen LogP contribution is 2.43. The van der Waals surface area contributed by atoms with Gasteiger partial charge in [0.05, 0.1) is 22.4 Å². The lowest BCUT2D eigenvalue weighted by Gasteiger charge is -2.14. The molecule has 0 unspecified atom stereocenters. The van der Waals surface area contributed by atoms with Gasteiger partial charge in [-0.25, -0.2) is 9.97 Å². The lowest BCUT2D eigenvalue weighted by Crippen LogP contribution is -2.05. The molecule has 3 aromatic heterocycles. The Kier molecular flexibility index (Phi) is 5.84. The number of aromatic nitrogens is 3. The Hall–Kier alpha value is -6.52. The van der Waals surface area contributed by atoms with Crippen LogP contribution in [0.2, 0.25) is 0 Å². The first kappa shape index (κ1) is 26.7. The minimum absolute atomic E-state index is 0.621. The number of fused-ring (bicyclic) bond motifs is 8. The van der Waals surface area contributed by atoms with Gasteiger partial charge in [-0.05, 0) is 17.5 Å². The highest BCUT2D eigenvalue weighted by molar-refractivity contribution is 6.22. The molecule has 0 N–H and O–H groups in total.